The Hall–Kier alpha value is -2.30. The van der Waals surface area contributed by atoms with Gasteiger partial charge in [0.25, 0.3) is 0 Å². The number of hydrogen-bond acceptors (Lipinski definition) is 3. The highest BCUT2D eigenvalue weighted by Gasteiger charge is 2.25. The van der Waals surface area contributed by atoms with Crippen LogP contribution >= 0.6 is 0 Å². The van der Waals surface area contributed by atoms with E-state index in [1.807, 2.05) is 39.8 Å². The van der Waals surface area contributed by atoms with Crippen molar-refractivity contribution in [2.45, 2.75) is 33.3 Å². The van der Waals surface area contributed by atoms with E-state index in [0.717, 1.165) is 27.7 Å². The number of H-pyrrole nitrogens is 1. The van der Waals surface area contributed by atoms with Crippen LogP contribution in [0, 0.1) is 6.92 Å². The van der Waals surface area contributed by atoms with Crippen LogP contribution in [0.25, 0.3) is 16.5 Å². The van der Waals surface area contributed by atoms with Crippen molar-refractivity contribution in [3.8, 4) is 0 Å². The van der Waals surface area contributed by atoms with Crippen LogP contribution in [0.4, 0.5) is 4.79 Å². The summed E-state index contributed by atoms with van der Waals surface area (Å²) in [6, 6.07) is 6.18. The normalized spacial score (nSPS) is 15.3. The fraction of sp³-hybridized carbons (Fsp3) is 0.412. The first-order chi connectivity index (χ1) is 10.3. The van der Waals surface area contributed by atoms with Gasteiger partial charge in [-0.3, -0.25) is 5.10 Å². The molecule has 1 aliphatic rings. The number of amides is 1. The third kappa shape index (κ3) is 2.84. The number of aromatic nitrogens is 2. The molecule has 0 unspecified atom stereocenters. The Labute approximate surface area is 129 Å². The number of rotatable bonds is 1. The lowest BCUT2D eigenvalue weighted by Gasteiger charge is -2.24. The largest absolute Gasteiger partial charge is 0.444 e. The van der Waals surface area contributed by atoms with Crippen molar-refractivity contribution in [2.24, 2.45) is 0 Å². The van der Waals surface area contributed by atoms with Crippen molar-refractivity contribution in [3.63, 3.8) is 0 Å². The lowest BCUT2D eigenvalue weighted by atomic mass is 10.0. The number of benzene rings is 1. The Morgan fingerprint density at radius 2 is 2.14 bits per heavy atom. The van der Waals surface area contributed by atoms with E-state index < -0.39 is 5.60 Å². The van der Waals surface area contributed by atoms with Crippen LogP contribution in [0.5, 0.6) is 0 Å². The van der Waals surface area contributed by atoms with Gasteiger partial charge in [-0.1, -0.05) is 12.1 Å². The van der Waals surface area contributed by atoms with Gasteiger partial charge in [0.05, 0.1) is 5.52 Å². The second kappa shape index (κ2) is 5.16. The number of aromatic amines is 1. The van der Waals surface area contributed by atoms with Gasteiger partial charge in [0.2, 0.25) is 0 Å². The summed E-state index contributed by atoms with van der Waals surface area (Å²) in [6.07, 6.45) is 1.82. The summed E-state index contributed by atoms with van der Waals surface area (Å²) in [5, 5.41) is 8.35. The molecule has 0 saturated heterocycles. The summed E-state index contributed by atoms with van der Waals surface area (Å²) in [5.74, 6) is 0. The summed E-state index contributed by atoms with van der Waals surface area (Å²) in [5.41, 5.74) is 3.83. The third-order valence-corrected chi connectivity index (χ3v) is 3.69. The minimum absolute atomic E-state index is 0.265. The Bertz CT molecular complexity index is 753. The SMILES string of the molecule is Cc1[nH]nc2ccc(C3=CCN(C(=O)OC(C)(C)C)C3)cc12. The number of aryl methyl sites for hydroxylation is 1. The van der Waals surface area contributed by atoms with Crippen molar-refractivity contribution >= 4 is 22.6 Å². The molecular weight excluding hydrogens is 278 g/mol. The summed E-state index contributed by atoms with van der Waals surface area (Å²) in [7, 11) is 0. The van der Waals surface area contributed by atoms with E-state index in [-0.39, 0.29) is 6.09 Å². The molecule has 3 rings (SSSR count). The predicted octanol–water partition coefficient (Wildman–Crippen LogP) is 3.51. The number of ether oxygens (including phenoxy) is 1. The minimum Gasteiger partial charge on any atom is -0.444 e. The zero-order valence-corrected chi connectivity index (χ0v) is 13.4. The second-order valence-electron chi connectivity index (χ2n) is 6.67. The average molecular weight is 299 g/mol. The molecule has 0 fully saturated rings. The van der Waals surface area contributed by atoms with Crippen LogP contribution in [0.3, 0.4) is 0 Å². The van der Waals surface area contributed by atoms with Crippen molar-refractivity contribution in [1.29, 1.82) is 0 Å². The second-order valence-corrected chi connectivity index (χ2v) is 6.67. The number of carbonyl (C=O) groups excluding carboxylic acids is 1. The highest BCUT2D eigenvalue weighted by molar-refractivity contribution is 5.87. The van der Waals surface area contributed by atoms with Gasteiger partial charge in [0.15, 0.2) is 0 Å². The number of hydrogen-bond donors (Lipinski definition) is 1. The average Bonchev–Trinajstić information content (AvgIpc) is 3.04. The maximum Gasteiger partial charge on any atom is 0.410 e. The molecule has 116 valence electrons. The summed E-state index contributed by atoms with van der Waals surface area (Å²) >= 11 is 0. The first kappa shape index (κ1) is 14.6. The van der Waals surface area contributed by atoms with Crippen LogP contribution in [0.15, 0.2) is 24.3 Å². The minimum atomic E-state index is -0.466. The van der Waals surface area contributed by atoms with Crippen molar-refractivity contribution in [1.82, 2.24) is 15.1 Å². The molecule has 0 radical (unpaired) electrons. The van der Waals surface area contributed by atoms with Crippen LogP contribution < -0.4 is 0 Å². The molecule has 2 heterocycles. The van der Waals surface area contributed by atoms with Crippen molar-refractivity contribution in [3.05, 3.63) is 35.5 Å². The Balaban J connectivity index is 1.76. The monoisotopic (exact) mass is 299 g/mol. The van der Waals surface area contributed by atoms with Crippen molar-refractivity contribution in [2.75, 3.05) is 13.1 Å². The van der Waals surface area contributed by atoms with Gasteiger partial charge in [-0.15, -0.1) is 0 Å². The lowest BCUT2D eigenvalue weighted by Crippen LogP contribution is -2.35. The lowest BCUT2D eigenvalue weighted by molar-refractivity contribution is 0.0306. The van der Waals surface area contributed by atoms with Gasteiger partial charge in [0, 0.05) is 24.2 Å². The molecular formula is C17H21N3O2. The zero-order chi connectivity index (χ0) is 15.9. The third-order valence-electron chi connectivity index (χ3n) is 3.69. The quantitative estimate of drug-likeness (QED) is 0.876. The van der Waals surface area contributed by atoms with E-state index in [4.69, 9.17) is 4.74 Å². The molecule has 1 aromatic carbocycles. The topological polar surface area (TPSA) is 58.2 Å². The first-order valence-electron chi connectivity index (χ1n) is 7.45. The molecule has 0 spiro atoms. The number of carbonyl (C=O) groups is 1. The first-order valence-corrected chi connectivity index (χ1v) is 7.45. The molecule has 1 N–H and O–H groups in total. The van der Waals surface area contributed by atoms with Gasteiger partial charge < -0.3 is 9.64 Å². The van der Waals surface area contributed by atoms with Gasteiger partial charge in [-0.25, -0.2) is 4.79 Å². The molecule has 0 aliphatic carbocycles. The van der Waals surface area contributed by atoms with E-state index in [2.05, 4.69) is 22.3 Å². The van der Waals surface area contributed by atoms with E-state index in [0.29, 0.717) is 13.1 Å². The fourth-order valence-corrected chi connectivity index (χ4v) is 2.57. The standard InChI is InChI=1S/C17H21N3O2/c1-11-14-9-12(5-6-15(14)19-18-11)13-7-8-20(10-13)16(21)22-17(2,3)4/h5-7,9H,8,10H2,1-4H3,(H,18,19). The van der Waals surface area contributed by atoms with Crippen LogP contribution in [-0.2, 0) is 4.74 Å². The van der Waals surface area contributed by atoms with E-state index in [1.165, 1.54) is 0 Å². The maximum absolute atomic E-state index is 12.1. The van der Waals surface area contributed by atoms with Gasteiger partial charge in [-0.2, -0.15) is 5.10 Å². The highest BCUT2D eigenvalue weighted by atomic mass is 16.6. The van der Waals surface area contributed by atoms with E-state index in [9.17, 15) is 4.79 Å². The maximum atomic E-state index is 12.1. The van der Waals surface area contributed by atoms with Crippen LogP contribution in [0.2, 0.25) is 0 Å². The Morgan fingerprint density at radius 3 is 2.86 bits per heavy atom. The Kier molecular flexibility index (Phi) is 3.43. The molecule has 5 nitrogen and oxygen atoms in total. The molecule has 0 bridgehead atoms. The molecule has 5 heteroatoms. The number of fused-ring (bicyclic) bond motifs is 1. The molecule has 1 amide bonds. The molecule has 1 aromatic heterocycles. The molecule has 0 saturated carbocycles. The molecule has 1 aliphatic heterocycles. The number of nitrogens with zero attached hydrogens (tertiary/aromatic N) is 2. The van der Waals surface area contributed by atoms with Gasteiger partial charge in [0.1, 0.15) is 5.60 Å². The Morgan fingerprint density at radius 1 is 1.36 bits per heavy atom. The van der Waals surface area contributed by atoms with E-state index in [1.54, 1.807) is 4.90 Å². The van der Waals surface area contributed by atoms with Crippen molar-refractivity contribution < 1.29 is 9.53 Å². The summed E-state index contributed by atoms with van der Waals surface area (Å²) in [4.78, 5) is 13.8. The molecule has 2 aromatic rings. The van der Waals surface area contributed by atoms with Gasteiger partial charge in [-0.05, 0) is 51.0 Å². The summed E-state index contributed by atoms with van der Waals surface area (Å²) in [6.45, 7) is 8.82. The highest BCUT2D eigenvalue weighted by Crippen LogP contribution is 2.26. The zero-order valence-electron chi connectivity index (χ0n) is 13.4. The van der Waals surface area contributed by atoms with Gasteiger partial charge >= 0.3 is 6.09 Å². The van der Waals surface area contributed by atoms with Crippen LogP contribution in [-0.4, -0.2) is 39.9 Å². The smallest absolute Gasteiger partial charge is 0.410 e. The predicted molar refractivity (Wildman–Crippen MR) is 86.6 cm³/mol. The van der Waals surface area contributed by atoms with Crippen LogP contribution in [0.1, 0.15) is 32.0 Å². The summed E-state index contributed by atoms with van der Waals surface area (Å²) < 4.78 is 5.42. The molecule has 22 heavy (non-hydrogen) atoms. The van der Waals surface area contributed by atoms with E-state index >= 15 is 0 Å². The number of nitrogens with one attached hydrogen (secondary N) is 1. The molecule has 0 atom stereocenters. The fourth-order valence-electron chi connectivity index (χ4n) is 2.57.